The van der Waals surface area contributed by atoms with Gasteiger partial charge in [0, 0.05) is 16.7 Å². The second-order valence-electron chi connectivity index (χ2n) is 10.4. The van der Waals surface area contributed by atoms with E-state index in [1.807, 2.05) is 30.3 Å². The Hall–Kier alpha value is -2.57. The van der Waals surface area contributed by atoms with E-state index < -0.39 is 0 Å². The zero-order valence-electron chi connectivity index (χ0n) is 21.6. The lowest BCUT2D eigenvalue weighted by Gasteiger charge is -2.22. The number of rotatable bonds is 11. The van der Waals surface area contributed by atoms with Crippen molar-refractivity contribution < 1.29 is 19.0 Å². The summed E-state index contributed by atoms with van der Waals surface area (Å²) in [4.78, 5) is 13.5. The summed E-state index contributed by atoms with van der Waals surface area (Å²) in [5, 5.41) is 6.97. The van der Waals surface area contributed by atoms with Gasteiger partial charge < -0.3 is 24.8 Å². The molecule has 2 aromatic carbocycles. The van der Waals surface area contributed by atoms with Crippen molar-refractivity contribution in [2.24, 2.45) is 11.8 Å². The van der Waals surface area contributed by atoms with E-state index in [0.717, 1.165) is 80.6 Å². The number of ether oxygens (including phenoxy) is 3. The first-order valence-electron chi connectivity index (χ1n) is 13.8. The largest absolute Gasteiger partial charge is 0.496 e. The Morgan fingerprint density at radius 3 is 1.97 bits per heavy atom. The first-order chi connectivity index (χ1) is 17.8. The van der Waals surface area contributed by atoms with Gasteiger partial charge in [-0.1, -0.05) is 12.1 Å². The highest BCUT2D eigenvalue weighted by atomic mass is 16.5. The number of benzene rings is 2. The molecule has 5 rings (SSSR count). The minimum absolute atomic E-state index is 0.0101. The quantitative estimate of drug-likeness (QED) is 0.358. The lowest BCUT2D eigenvalue weighted by molar-refractivity contribution is 0.103. The van der Waals surface area contributed by atoms with E-state index in [4.69, 9.17) is 14.2 Å². The smallest absolute Gasteiger partial charge is 0.198 e. The van der Waals surface area contributed by atoms with Crippen LogP contribution in [0.1, 0.15) is 67.3 Å². The van der Waals surface area contributed by atoms with E-state index in [-0.39, 0.29) is 5.78 Å². The van der Waals surface area contributed by atoms with Gasteiger partial charge in [-0.05, 0) is 108 Å². The molecule has 0 radical (unpaired) electrons. The number of methoxy groups -OCH3 is 1. The van der Waals surface area contributed by atoms with Crippen LogP contribution in [-0.2, 0) is 0 Å². The predicted molar refractivity (Wildman–Crippen MR) is 143 cm³/mol. The van der Waals surface area contributed by atoms with Gasteiger partial charge in [0.2, 0.25) is 0 Å². The van der Waals surface area contributed by atoms with Gasteiger partial charge in [-0.2, -0.15) is 0 Å². The molecule has 2 unspecified atom stereocenters. The van der Waals surface area contributed by atoms with E-state index in [0.29, 0.717) is 35.8 Å². The molecule has 0 aromatic heterocycles. The van der Waals surface area contributed by atoms with Crippen LogP contribution in [0.15, 0.2) is 30.3 Å². The Balaban J connectivity index is 1.28. The molecular formula is C30H40N2O4. The molecule has 2 atom stereocenters. The van der Waals surface area contributed by atoms with Gasteiger partial charge in [0.25, 0.3) is 0 Å². The summed E-state index contributed by atoms with van der Waals surface area (Å²) in [5.74, 6) is 3.53. The number of fused-ring (bicyclic) bond motifs is 3. The van der Waals surface area contributed by atoms with Crippen molar-refractivity contribution in [2.45, 2.75) is 51.4 Å². The Bertz CT molecular complexity index is 1040. The summed E-state index contributed by atoms with van der Waals surface area (Å²) < 4.78 is 18.2. The van der Waals surface area contributed by atoms with Crippen LogP contribution in [0.3, 0.4) is 0 Å². The molecule has 2 saturated heterocycles. The average molecular weight is 493 g/mol. The van der Waals surface area contributed by atoms with Crippen LogP contribution >= 0.6 is 0 Å². The van der Waals surface area contributed by atoms with Crippen molar-refractivity contribution in [2.75, 3.05) is 46.5 Å². The summed E-state index contributed by atoms with van der Waals surface area (Å²) in [6, 6.07) is 9.55. The second-order valence-corrected chi connectivity index (χ2v) is 10.4. The number of nitrogens with one attached hydrogen (secondary N) is 2. The zero-order valence-corrected chi connectivity index (χ0v) is 21.6. The van der Waals surface area contributed by atoms with Crippen molar-refractivity contribution in [3.63, 3.8) is 0 Å². The number of hydrogen-bond donors (Lipinski definition) is 2. The van der Waals surface area contributed by atoms with E-state index in [2.05, 4.69) is 10.6 Å². The zero-order chi connectivity index (χ0) is 24.7. The third-order valence-electron chi connectivity index (χ3n) is 7.92. The predicted octanol–water partition coefficient (Wildman–Crippen LogP) is 5.22. The first kappa shape index (κ1) is 25.1. The van der Waals surface area contributed by atoms with Gasteiger partial charge in [0.05, 0.1) is 25.9 Å². The SMILES string of the molecule is COc1ccc(OCCCC2CCCNC2)c2c1-c1c(OCCCC3CCCNC3)cccc1C2=O. The molecule has 2 aromatic rings. The Morgan fingerprint density at radius 2 is 1.39 bits per heavy atom. The fourth-order valence-corrected chi connectivity index (χ4v) is 6.01. The summed E-state index contributed by atoms with van der Waals surface area (Å²) in [7, 11) is 1.65. The summed E-state index contributed by atoms with van der Waals surface area (Å²) in [6.07, 6.45) is 9.41. The standard InChI is InChI=1S/C30H40N2O4/c1-34-24-13-14-26(36-18-6-10-22-8-4-16-32-20-22)29-28(24)27-23(30(29)33)11-2-12-25(27)35-17-5-9-21-7-3-15-31-19-21/h2,11-14,21-22,31-32H,3-10,15-20H2,1H3. The van der Waals surface area contributed by atoms with Crippen molar-refractivity contribution in [1.29, 1.82) is 0 Å². The minimum Gasteiger partial charge on any atom is -0.496 e. The Labute approximate surface area is 215 Å². The van der Waals surface area contributed by atoms with Crippen molar-refractivity contribution in [3.05, 3.63) is 41.5 Å². The van der Waals surface area contributed by atoms with Crippen LogP contribution in [0.2, 0.25) is 0 Å². The van der Waals surface area contributed by atoms with E-state index >= 15 is 0 Å². The summed E-state index contributed by atoms with van der Waals surface area (Å²) >= 11 is 0. The van der Waals surface area contributed by atoms with Gasteiger partial charge >= 0.3 is 0 Å². The molecule has 1 aliphatic carbocycles. The number of carbonyl (C=O) groups excluding carboxylic acids is 1. The number of carbonyl (C=O) groups is 1. The molecule has 6 nitrogen and oxygen atoms in total. The maximum atomic E-state index is 13.5. The normalized spacial score (nSPS) is 21.1. The first-order valence-corrected chi connectivity index (χ1v) is 13.8. The Morgan fingerprint density at radius 1 is 0.778 bits per heavy atom. The van der Waals surface area contributed by atoms with Crippen LogP contribution < -0.4 is 24.8 Å². The maximum absolute atomic E-state index is 13.5. The lowest BCUT2D eigenvalue weighted by Crippen LogP contribution is -2.29. The molecule has 0 amide bonds. The van der Waals surface area contributed by atoms with E-state index in [1.165, 1.54) is 25.7 Å². The second kappa shape index (κ2) is 12.1. The van der Waals surface area contributed by atoms with Crippen LogP contribution in [0, 0.1) is 11.8 Å². The molecule has 2 fully saturated rings. The van der Waals surface area contributed by atoms with Crippen molar-refractivity contribution >= 4 is 5.78 Å². The van der Waals surface area contributed by atoms with Gasteiger partial charge in [0.1, 0.15) is 17.2 Å². The molecule has 194 valence electrons. The highest BCUT2D eigenvalue weighted by Gasteiger charge is 2.35. The average Bonchev–Trinajstić information content (AvgIpc) is 3.24. The summed E-state index contributed by atoms with van der Waals surface area (Å²) in [6.45, 7) is 5.74. The fourth-order valence-electron chi connectivity index (χ4n) is 6.01. The Kier molecular flexibility index (Phi) is 8.44. The van der Waals surface area contributed by atoms with Gasteiger partial charge in [-0.3, -0.25) is 4.79 Å². The fraction of sp³-hybridized carbons (Fsp3) is 0.567. The molecule has 2 heterocycles. The van der Waals surface area contributed by atoms with Gasteiger partial charge in [-0.25, -0.2) is 0 Å². The van der Waals surface area contributed by atoms with Crippen LogP contribution in [0.25, 0.3) is 11.1 Å². The molecule has 36 heavy (non-hydrogen) atoms. The molecule has 6 heteroatoms. The molecule has 0 saturated carbocycles. The topological polar surface area (TPSA) is 68.8 Å². The maximum Gasteiger partial charge on any atom is 0.198 e. The highest BCUT2D eigenvalue weighted by Crippen LogP contribution is 2.50. The van der Waals surface area contributed by atoms with Crippen molar-refractivity contribution in [3.8, 4) is 28.4 Å². The molecule has 2 N–H and O–H groups in total. The molecule has 2 aliphatic heterocycles. The monoisotopic (exact) mass is 492 g/mol. The van der Waals surface area contributed by atoms with Crippen molar-refractivity contribution in [1.82, 2.24) is 10.6 Å². The van der Waals surface area contributed by atoms with Gasteiger partial charge in [-0.15, -0.1) is 0 Å². The van der Waals surface area contributed by atoms with Gasteiger partial charge in [0.15, 0.2) is 5.78 Å². The highest BCUT2D eigenvalue weighted by molar-refractivity contribution is 6.25. The molecule has 0 bridgehead atoms. The molecular weight excluding hydrogens is 452 g/mol. The number of ketones is 1. The molecule has 3 aliphatic rings. The number of hydrogen-bond acceptors (Lipinski definition) is 6. The minimum atomic E-state index is -0.0101. The van der Waals surface area contributed by atoms with E-state index in [1.54, 1.807) is 7.11 Å². The summed E-state index contributed by atoms with van der Waals surface area (Å²) in [5.41, 5.74) is 2.92. The van der Waals surface area contributed by atoms with E-state index in [9.17, 15) is 4.79 Å². The number of piperidine rings is 2. The van der Waals surface area contributed by atoms with Crippen LogP contribution in [0.4, 0.5) is 0 Å². The lowest BCUT2D eigenvalue weighted by atomic mass is 9.95. The third-order valence-corrected chi connectivity index (χ3v) is 7.92. The van der Waals surface area contributed by atoms with Crippen LogP contribution in [-0.4, -0.2) is 52.3 Å². The molecule has 0 spiro atoms. The van der Waals surface area contributed by atoms with Crippen LogP contribution in [0.5, 0.6) is 17.2 Å². The third kappa shape index (κ3) is 5.55.